The van der Waals surface area contributed by atoms with Crippen molar-refractivity contribution in [3.63, 3.8) is 0 Å². The molecule has 0 fully saturated rings. The van der Waals surface area contributed by atoms with Crippen molar-refractivity contribution in [3.8, 4) is 0 Å². The molecular weight excluding hydrogens is 667 g/mol. The van der Waals surface area contributed by atoms with Gasteiger partial charge in [-0.2, -0.15) is 0 Å². The standard InChI is InChI=1S/C49H94NO4/c1-5-8-11-14-17-20-23-26-29-32-35-38-44-52-46-41-50(4,42-47-53-45-39-36-33-30-27-24-21-18-15-12-9-6-2)43-48-54-49(51)40-37-34-31-28-25-22-19-16-13-10-7-3/h14-19H,5-13,20-48H2,1-4H3/q+1/b17-14+,18-15+,19-16+. The molecule has 0 aromatic carbocycles. The van der Waals surface area contributed by atoms with Gasteiger partial charge >= 0.3 is 5.97 Å². The largest absolute Gasteiger partial charge is 0.460 e. The van der Waals surface area contributed by atoms with Gasteiger partial charge in [0.2, 0.25) is 0 Å². The van der Waals surface area contributed by atoms with E-state index in [1.807, 2.05) is 0 Å². The van der Waals surface area contributed by atoms with Crippen LogP contribution in [0, 0.1) is 0 Å². The fourth-order valence-corrected chi connectivity index (χ4v) is 6.64. The number of rotatable bonds is 44. The van der Waals surface area contributed by atoms with Crippen molar-refractivity contribution in [2.24, 2.45) is 0 Å². The Morgan fingerprint density at radius 1 is 0.389 bits per heavy atom. The Morgan fingerprint density at radius 2 is 0.704 bits per heavy atom. The second kappa shape index (κ2) is 44.3. The first-order valence-electron chi connectivity index (χ1n) is 23.7. The van der Waals surface area contributed by atoms with Crippen LogP contribution in [0.25, 0.3) is 0 Å². The van der Waals surface area contributed by atoms with E-state index in [1.165, 1.54) is 161 Å². The molecule has 0 rings (SSSR count). The first kappa shape index (κ1) is 52.6. The van der Waals surface area contributed by atoms with Crippen molar-refractivity contribution in [1.82, 2.24) is 0 Å². The van der Waals surface area contributed by atoms with E-state index >= 15 is 0 Å². The van der Waals surface area contributed by atoms with Crippen molar-refractivity contribution >= 4 is 5.97 Å². The number of hydrogen-bond donors (Lipinski definition) is 0. The molecule has 54 heavy (non-hydrogen) atoms. The number of hydrogen-bond acceptors (Lipinski definition) is 4. The van der Waals surface area contributed by atoms with Gasteiger partial charge in [0, 0.05) is 19.6 Å². The lowest BCUT2D eigenvalue weighted by Crippen LogP contribution is -2.50. The van der Waals surface area contributed by atoms with E-state index in [0.717, 1.165) is 76.2 Å². The summed E-state index contributed by atoms with van der Waals surface area (Å²) in [5, 5.41) is 0. The van der Waals surface area contributed by atoms with Gasteiger partial charge in [-0.25, -0.2) is 0 Å². The van der Waals surface area contributed by atoms with Crippen molar-refractivity contribution in [1.29, 1.82) is 0 Å². The third-order valence-corrected chi connectivity index (χ3v) is 10.7. The summed E-state index contributed by atoms with van der Waals surface area (Å²) in [4.78, 5) is 12.5. The normalized spacial score (nSPS) is 12.3. The molecule has 0 aliphatic rings. The SMILES string of the molecule is CCCC/C=C/CCCCCCCCOCC[N+](C)(CCOCCCCCCCC/C=C/CCCC)CCOC(=O)CCCCCCC/C=C/CCCC. The lowest BCUT2D eigenvalue weighted by atomic mass is 10.1. The average Bonchev–Trinajstić information content (AvgIpc) is 3.17. The highest BCUT2D eigenvalue weighted by molar-refractivity contribution is 5.69. The van der Waals surface area contributed by atoms with Crippen molar-refractivity contribution in [3.05, 3.63) is 36.5 Å². The maximum atomic E-state index is 12.5. The molecule has 0 heterocycles. The summed E-state index contributed by atoms with van der Waals surface area (Å²) >= 11 is 0. The van der Waals surface area contributed by atoms with Crippen molar-refractivity contribution in [2.75, 3.05) is 59.7 Å². The Balaban J connectivity index is 4.26. The lowest BCUT2D eigenvalue weighted by Gasteiger charge is -2.34. The van der Waals surface area contributed by atoms with Crippen LogP contribution in [-0.2, 0) is 19.0 Å². The lowest BCUT2D eigenvalue weighted by molar-refractivity contribution is -0.910. The summed E-state index contributed by atoms with van der Waals surface area (Å²) in [5.74, 6) is -0.0419. The third-order valence-electron chi connectivity index (χ3n) is 10.7. The van der Waals surface area contributed by atoms with Crippen LogP contribution < -0.4 is 0 Å². The van der Waals surface area contributed by atoms with Gasteiger partial charge in [0.05, 0.1) is 20.3 Å². The number of unbranched alkanes of at least 4 members (excludes halogenated alkanes) is 23. The maximum Gasteiger partial charge on any atom is 0.305 e. The van der Waals surface area contributed by atoms with Crippen LogP contribution in [0.15, 0.2) is 36.5 Å². The molecule has 0 aromatic rings. The van der Waals surface area contributed by atoms with E-state index in [-0.39, 0.29) is 5.97 Å². The molecule has 5 heteroatoms. The Hall–Kier alpha value is -1.43. The topological polar surface area (TPSA) is 44.8 Å². The number of nitrogens with zero attached hydrogens (tertiary/aromatic N) is 1. The molecule has 0 aromatic heterocycles. The minimum atomic E-state index is -0.0419. The zero-order valence-corrected chi connectivity index (χ0v) is 36.9. The molecule has 0 saturated carbocycles. The van der Waals surface area contributed by atoms with E-state index in [0.29, 0.717) is 13.0 Å². The van der Waals surface area contributed by atoms with E-state index < -0.39 is 0 Å². The number of allylic oxidation sites excluding steroid dienone is 6. The number of quaternary nitrogens is 1. The molecule has 0 aliphatic carbocycles. The Bertz CT molecular complexity index is 798. The molecule has 0 aliphatic heterocycles. The fraction of sp³-hybridized carbons (Fsp3) is 0.857. The summed E-state index contributed by atoms with van der Waals surface area (Å²) in [6.07, 6.45) is 51.1. The predicted octanol–water partition coefficient (Wildman–Crippen LogP) is 14.4. The summed E-state index contributed by atoms with van der Waals surface area (Å²) in [7, 11) is 2.28. The second-order valence-corrected chi connectivity index (χ2v) is 16.2. The molecule has 0 saturated heterocycles. The fourth-order valence-electron chi connectivity index (χ4n) is 6.64. The zero-order valence-electron chi connectivity index (χ0n) is 36.9. The molecule has 0 spiro atoms. The Morgan fingerprint density at radius 3 is 1.09 bits per heavy atom. The molecule has 0 N–H and O–H groups in total. The molecule has 318 valence electrons. The average molecular weight is 761 g/mol. The highest BCUT2D eigenvalue weighted by Gasteiger charge is 2.22. The molecule has 0 unspecified atom stereocenters. The first-order valence-corrected chi connectivity index (χ1v) is 23.7. The van der Waals surface area contributed by atoms with Gasteiger partial charge in [-0.15, -0.1) is 0 Å². The van der Waals surface area contributed by atoms with Gasteiger partial charge in [0.15, 0.2) is 0 Å². The van der Waals surface area contributed by atoms with Crippen LogP contribution in [0.5, 0.6) is 0 Å². The Labute approximate surface area is 338 Å². The second-order valence-electron chi connectivity index (χ2n) is 16.2. The van der Waals surface area contributed by atoms with Crippen LogP contribution >= 0.6 is 0 Å². The van der Waals surface area contributed by atoms with Crippen LogP contribution in [0.1, 0.15) is 213 Å². The van der Waals surface area contributed by atoms with E-state index in [2.05, 4.69) is 64.3 Å². The zero-order chi connectivity index (χ0) is 39.3. The molecule has 0 atom stereocenters. The first-order chi connectivity index (χ1) is 26.6. The summed E-state index contributed by atoms with van der Waals surface area (Å²) < 4.78 is 18.8. The molecule has 0 amide bonds. The minimum Gasteiger partial charge on any atom is -0.460 e. The van der Waals surface area contributed by atoms with Crippen LogP contribution in [0.3, 0.4) is 0 Å². The van der Waals surface area contributed by atoms with E-state index in [9.17, 15) is 4.79 Å². The predicted molar refractivity (Wildman–Crippen MR) is 236 cm³/mol. The molecule has 0 bridgehead atoms. The van der Waals surface area contributed by atoms with Crippen LogP contribution in [-0.4, -0.2) is 70.2 Å². The van der Waals surface area contributed by atoms with E-state index in [1.54, 1.807) is 0 Å². The van der Waals surface area contributed by atoms with Crippen LogP contribution in [0.4, 0.5) is 0 Å². The highest BCUT2D eigenvalue weighted by Crippen LogP contribution is 2.12. The number of carbonyl (C=O) groups is 1. The van der Waals surface area contributed by atoms with Gasteiger partial charge in [0.25, 0.3) is 0 Å². The number of carbonyl (C=O) groups excluding carboxylic acids is 1. The monoisotopic (exact) mass is 761 g/mol. The number of ether oxygens (including phenoxy) is 3. The van der Waals surface area contributed by atoms with Crippen LogP contribution in [0.2, 0.25) is 0 Å². The van der Waals surface area contributed by atoms with Gasteiger partial charge in [-0.1, -0.05) is 166 Å². The summed E-state index contributed by atoms with van der Waals surface area (Å²) in [6.45, 7) is 13.1. The van der Waals surface area contributed by atoms with Gasteiger partial charge in [-0.05, 0) is 77.0 Å². The molecule has 5 nitrogen and oxygen atoms in total. The quantitative estimate of drug-likeness (QED) is 0.0268. The molecular formula is C49H94NO4+. The third kappa shape index (κ3) is 41.7. The van der Waals surface area contributed by atoms with Gasteiger partial charge in [0.1, 0.15) is 26.2 Å². The van der Waals surface area contributed by atoms with Gasteiger partial charge < -0.3 is 18.7 Å². The van der Waals surface area contributed by atoms with Crippen molar-refractivity contribution in [2.45, 2.75) is 213 Å². The number of likely N-dealkylation sites (N-methyl/N-ethyl adjacent to an activating group) is 1. The summed E-state index contributed by atoms with van der Waals surface area (Å²) in [6, 6.07) is 0. The smallest absolute Gasteiger partial charge is 0.305 e. The van der Waals surface area contributed by atoms with Gasteiger partial charge in [-0.3, -0.25) is 4.79 Å². The highest BCUT2D eigenvalue weighted by atomic mass is 16.5. The summed E-state index contributed by atoms with van der Waals surface area (Å²) in [5.41, 5.74) is 0. The molecule has 0 radical (unpaired) electrons. The van der Waals surface area contributed by atoms with E-state index in [4.69, 9.17) is 14.2 Å². The maximum absolute atomic E-state index is 12.5. The Kier molecular flexibility index (Phi) is 43.1. The van der Waals surface area contributed by atoms with Crippen molar-refractivity contribution < 1.29 is 23.5 Å². The number of esters is 1. The minimum absolute atomic E-state index is 0.0419.